The molecular weight excluding hydrogens is 343 g/mol. The fraction of sp³-hybridized carbons (Fsp3) is 0.471. The Labute approximate surface area is 149 Å². The van der Waals surface area contributed by atoms with Crippen molar-refractivity contribution in [2.75, 3.05) is 26.7 Å². The SMILES string of the molecule is COc1ccc2ncc(F)c(CCN3CC[C@H](NC(=O)O)[C@H](O)C3)c2n1. The van der Waals surface area contributed by atoms with Crippen LogP contribution < -0.4 is 10.1 Å². The van der Waals surface area contributed by atoms with Gasteiger partial charge in [0.25, 0.3) is 0 Å². The maximum atomic E-state index is 14.3. The van der Waals surface area contributed by atoms with Crippen molar-refractivity contribution < 1.29 is 24.1 Å². The highest BCUT2D eigenvalue weighted by Gasteiger charge is 2.28. The van der Waals surface area contributed by atoms with Crippen molar-refractivity contribution in [2.45, 2.75) is 25.0 Å². The molecule has 1 amide bonds. The number of piperidine rings is 1. The molecule has 0 aliphatic carbocycles. The van der Waals surface area contributed by atoms with E-state index in [1.54, 1.807) is 12.1 Å². The van der Waals surface area contributed by atoms with Gasteiger partial charge in [0.2, 0.25) is 5.88 Å². The molecule has 26 heavy (non-hydrogen) atoms. The minimum atomic E-state index is -1.15. The summed E-state index contributed by atoms with van der Waals surface area (Å²) in [4.78, 5) is 21.1. The zero-order valence-electron chi connectivity index (χ0n) is 14.4. The van der Waals surface area contributed by atoms with Gasteiger partial charge >= 0.3 is 6.09 Å². The zero-order valence-corrected chi connectivity index (χ0v) is 14.4. The van der Waals surface area contributed by atoms with E-state index in [2.05, 4.69) is 15.3 Å². The van der Waals surface area contributed by atoms with Gasteiger partial charge in [0.05, 0.1) is 36.5 Å². The molecule has 0 bridgehead atoms. The zero-order chi connectivity index (χ0) is 18.7. The molecule has 2 aromatic rings. The molecule has 1 aliphatic rings. The number of β-amino-alcohol motifs (C(OH)–C–C–N with tert-alkyl or cyclic N) is 1. The number of amides is 1. The molecule has 140 valence electrons. The van der Waals surface area contributed by atoms with Crippen LogP contribution >= 0.6 is 0 Å². The first-order valence-corrected chi connectivity index (χ1v) is 8.36. The average molecular weight is 364 g/mol. The van der Waals surface area contributed by atoms with E-state index in [4.69, 9.17) is 9.84 Å². The highest BCUT2D eigenvalue weighted by atomic mass is 19.1. The number of aromatic nitrogens is 2. The average Bonchev–Trinajstić information content (AvgIpc) is 2.62. The van der Waals surface area contributed by atoms with Crippen molar-refractivity contribution in [3.05, 3.63) is 29.7 Å². The second-order valence-corrected chi connectivity index (χ2v) is 6.27. The lowest BCUT2D eigenvalue weighted by molar-refractivity contribution is 0.0412. The Hall–Kier alpha value is -2.52. The van der Waals surface area contributed by atoms with Crippen LogP contribution in [0.5, 0.6) is 5.88 Å². The summed E-state index contributed by atoms with van der Waals surface area (Å²) in [5.41, 5.74) is 1.51. The van der Waals surface area contributed by atoms with Gasteiger partial charge in [-0.1, -0.05) is 0 Å². The van der Waals surface area contributed by atoms with E-state index in [0.29, 0.717) is 55.0 Å². The Balaban J connectivity index is 1.70. The molecule has 0 saturated carbocycles. The summed E-state index contributed by atoms with van der Waals surface area (Å²) in [7, 11) is 1.50. The molecule has 0 radical (unpaired) electrons. The molecular formula is C17H21FN4O4. The maximum absolute atomic E-state index is 14.3. The van der Waals surface area contributed by atoms with Gasteiger partial charge in [-0.2, -0.15) is 0 Å². The summed E-state index contributed by atoms with van der Waals surface area (Å²) in [5, 5.41) is 21.2. The first kappa shape index (κ1) is 18.3. The predicted octanol–water partition coefficient (Wildman–Crippen LogP) is 1.02. The molecule has 0 spiro atoms. The number of nitrogens with one attached hydrogen (secondary N) is 1. The number of likely N-dealkylation sites (tertiary alicyclic amines) is 1. The number of carbonyl (C=O) groups is 1. The van der Waals surface area contributed by atoms with E-state index in [0.717, 1.165) is 0 Å². The fourth-order valence-electron chi connectivity index (χ4n) is 3.23. The van der Waals surface area contributed by atoms with Gasteiger partial charge in [-0.25, -0.2) is 14.2 Å². The fourth-order valence-corrected chi connectivity index (χ4v) is 3.23. The van der Waals surface area contributed by atoms with Crippen LogP contribution in [0.3, 0.4) is 0 Å². The lowest BCUT2D eigenvalue weighted by Crippen LogP contribution is -2.54. The number of pyridine rings is 2. The van der Waals surface area contributed by atoms with Crippen LogP contribution in [0.4, 0.5) is 9.18 Å². The number of hydrogen-bond donors (Lipinski definition) is 3. The summed E-state index contributed by atoms with van der Waals surface area (Å²) in [6.45, 7) is 1.46. The van der Waals surface area contributed by atoms with Crippen molar-refractivity contribution >= 4 is 17.1 Å². The Bertz CT molecular complexity index is 804. The van der Waals surface area contributed by atoms with Crippen LogP contribution in [0.15, 0.2) is 18.3 Å². The second-order valence-electron chi connectivity index (χ2n) is 6.27. The summed E-state index contributed by atoms with van der Waals surface area (Å²) in [6, 6.07) is 2.93. The van der Waals surface area contributed by atoms with Crippen molar-refractivity contribution in [1.29, 1.82) is 0 Å². The van der Waals surface area contributed by atoms with Crippen LogP contribution in [0.25, 0.3) is 11.0 Å². The first-order chi connectivity index (χ1) is 12.5. The van der Waals surface area contributed by atoms with Gasteiger partial charge in [-0.15, -0.1) is 0 Å². The monoisotopic (exact) mass is 364 g/mol. The van der Waals surface area contributed by atoms with Crippen LogP contribution in [-0.2, 0) is 6.42 Å². The minimum Gasteiger partial charge on any atom is -0.481 e. The largest absolute Gasteiger partial charge is 0.481 e. The van der Waals surface area contributed by atoms with Crippen molar-refractivity contribution in [1.82, 2.24) is 20.2 Å². The van der Waals surface area contributed by atoms with Crippen LogP contribution in [-0.4, -0.2) is 70.1 Å². The van der Waals surface area contributed by atoms with E-state index in [1.165, 1.54) is 13.3 Å². The molecule has 1 saturated heterocycles. The van der Waals surface area contributed by atoms with Gasteiger partial charge in [0.15, 0.2) is 0 Å². The molecule has 2 aromatic heterocycles. The van der Waals surface area contributed by atoms with E-state index >= 15 is 0 Å². The molecule has 3 N–H and O–H groups in total. The maximum Gasteiger partial charge on any atom is 0.404 e. The van der Waals surface area contributed by atoms with Crippen molar-refractivity contribution in [3.8, 4) is 5.88 Å². The van der Waals surface area contributed by atoms with E-state index < -0.39 is 24.1 Å². The summed E-state index contributed by atoms with van der Waals surface area (Å²) < 4.78 is 19.4. The first-order valence-electron chi connectivity index (χ1n) is 8.36. The second kappa shape index (κ2) is 7.79. The lowest BCUT2D eigenvalue weighted by atomic mass is 10.0. The lowest BCUT2D eigenvalue weighted by Gasteiger charge is -2.35. The Morgan fingerprint density at radius 3 is 3.00 bits per heavy atom. The number of halogens is 1. The molecule has 1 fully saturated rings. The molecule has 1 aliphatic heterocycles. The van der Waals surface area contributed by atoms with E-state index in [9.17, 15) is 14.3 Å². The molecule has 9 heteroatoms. The van der Waals surface area contributed by atoms with Crippen molar-refractivity contribution in [3.63, 3.8) is 0 Å². The van der Waals surface area contributed by atoms with Gasteiger partial charge < -0.3 is 25.2 Å². The Morgan fingerprint density at radius 1 is 1.50 bits per heavy atom. The van der Waals surface area contributed by atoms with Gasteiger partial charge in [-0.3, -0.25) is 4.98 Å². The third-order valence-corrected chi connectivity index (χ3v) is 4.60. The smallest absolute Gasteiger partial charge is 0.404 e. The quantitative estimate of drug-likeness (QED) is 0.727. The van der Waals surface area contributed by atoms with Crippen LogP contribution in [0.2, 0.25) is 0 Å². The number of fused-ring (bicyclic) bond motifs is 1. The third kappa shape index (κ3) is 4.00. The van der Waals surface area contributed by atoms with E-state index in [-0.39, 0.29) is 0 Å². The summed E-state index contributed by atoms with van der Waals surface area (Å²) in [5.74, 6) is -0.0386. The van der Waals surface area contributed by atoms with Gasteiger partial charge in [0.1, 0.15) is 5.82 Å². The summed E-state index contributed by atoms with van der Waals surface area (Å²) >= 11 is 0. The highest BCUT2D eigenvalue weighted by molar-refractivity contribution is 5.78. The van der Waals surface area contributed by atoms with Crippen LogP contribution in [0, 0.1) is 5.82 Å². The number of nitrogens with zero attached hydrogens (tertiary/aromatic N) is 3. The third-order valence-electron chi connectivity index (χ3n) is 4.60. The number of carboxylic acid groups (broad SMARTS) is 1. The number of hydrogen-bond acceptors (Lipinski definition) is 6. The predicted molar refractivity (Wildman–Crippen MR) is 91.8 cm³/mol. The number of aliphatic hydroxyl groups is 1. The molecule has 0 unspecified atom stereocenters. The Morgan fingerprint density at radius 2 is 2.31 bits per heavy atom. The van der Waals surface area contributed by atoms with Crippen molar-refractivity contribution in [2.24, 2.45) is 0 Å². The number of ether oxygens (including phenoxy) is 1. The van der Waals surface area contributed by atoms with Crippen LogP contribution in [0.1, 0.15) is 12.0 Å². The number of rotatable bonds is 5. The molecule has 3 rings (SSSR count). The number of methoxy groups -OCH3 is 1. The van der Waals surface area contributed by atoms with E-state index in [1.807, 2.05) is 4.90 Å². The topological polar surface area (TPSA) is 108 Å². The Kier molecular flexibility index (Phi) is 5.48. The standard InChI is InChI=1S/C17H21FN4O4/c1-26-15-3-2-13-16(21-15)10(11(18)8-19-13)4-6-22-7-5-12(14(23)9-22)20-17(24)25/h2-3,8,12,14,20,23H,4-7,9H2,1H3,(H,24,25)/t12-,14+/m0/s1. The highest BCUT2D eigenvalue weighted by Crippen LogP contribution is 2.22. The minimum absolute atomic E-state index is 0.326. The summed E-state index contributed by atoms with van der Waals surface area (Å²) in [6.07, 6.45) is 0.141. The molecule has 3 heterocycles. The molecule has 2 atom stereocenters. The van der Waals surface area contributed by atoms with Gasteiger partial charge in [-0.05, 0) is 18.9 Å². The molecule has 8 nitrogen and oxygen atoms in total. The van der Waals surface area contributed by atoms with Gasteiger partial charge in [0, 0.05) is 31.3 Å². The molecule has 0 aromatic carbocycles. The normalized spacial score (nSPS) is 20.9. The number of aliphatic hydroxyl groups excluding tert-OH is 1.